The predicted molar refractivity (Wildman–Crippen MR) is 149 cm³/mol. The number of rotatable bonds is 8. The van der Waals surface area contributed by atoms with Gasteiger partial charge in [0.25, 0.3) is 0 Å². The van der Waals surface area contributed by atoms with Gasteiger partial charge in [-0.3, -0.25) is 9.89 Å². The number of alkyl halides is 3. The molecule has 0 bridgehead atoms. The zero-order valence-corrected chi connectivity index (χ0v) is 23.5. The molecule has 0 aromatic heterocycles. The van der Waals surface area contributed by atoms with Crippen molar-refractivity contribution in [1.29, 1.82) is 0 Å². The molecule has 0 radical (unpaired) electrons. The lowest BCUT2D eigenvalue weighted by atomic mass is 9.93. The maximum absolute atomic E-state index is 13.9. The molecule has 40 heavy (non-hydrogen) atoms. The van der Waals surface area contributed by atoms with Crippen LogP contribution in [0, 0.1) is 0 Å². The average molecular weight is 594 g/mol. The third-order valence-corrected chi connectivity index (χ3v) is 6.85. The summed E-state index contributed by atoms with van der Waals surface area (Å²) in [5.41, 5.74) is 0.862. The van der Waals surface area contributed by atoms with Crippen LogP contribution in [0.2, 0.25) is 10.0 Å². The van der Waals surface area contributed by atoms with Crippen molar-refractivity contribution < 1.29 is 27.4 Å². The van der Waals surface area contributed by atoms with Crippen molar-refractivity contribution in [3.05, 3.63) is 99.0 Å². The van der Waals surface area contributed by atoms with Gasteiger partial charge in [-0.1, -0.05) is 47.5 Å². The zero-order valence-electron chi connectivity index (χ0n) is 22.0. The number of ether oxygens (including phenoxy) is 2. The number of benzene rings is 3. The van der Waals surface area contributed by atoms with Gasteiger partial charge >= 0.3 is 12.2 Å². The molecular formula is C29H28Cl2F3N3O3. The number of aliphatic imine (C=N–C) groups is 1. The molecule has 11 heteroatoms. The second kappa shape index (κ2) is 12.5. The third kappa shape index (κ3) is 6.54. The van der Waals surface area contributed by atoms with E-state index in [9.17, 15) is 18.0 Å². The van der Waals surface area contributed by atoms with Gasteiger partial charge < -0.3 is 14.8 Å². The van der Waals surface area contributed by atoms with E-state index in [0.717, 1.165) is 23.3 Å². The van der Waals surface area contributed by atoms with Crippen molar-refractivity contribution >= 4 is 35.1 Å². The molecule has 212 valence electrons. The number of hydrogen-bond donors (Lipinski definition) is 1. The summed E-state index contributed by atoms with van der Waals surface area (Å²) in [5, 5.41) is 3.95. The van der Waals surface area contributed by atoms with Crippen LogP contribution in [0.5, 0.6) is 5.75 Å². The minimum Gasteiger partial charge on any atom is -0.493 e. The Morgan fingerprint density at radius 3 is 2.17 bits per heavy atom. The molecule has 1 aliphatic rings. The summed E-state index contributed by atoms with van der Waals surface area (Å²) in [5.74, 6) is 0.129. The molecule has 1 N–H and O–H groups in total. The van der Waals surface area contributed by atoms with Gasteiger partial charge in [-0.25, -0.2) is 4.79 Å². The second-order valence-corrected chi connectivity index (χ2v) is 10.1. The highest BCUT2D eigenvalue weighted by Gasteiger charge is 2.44. The van der Waals surface area contributed by atoms with Crippen molar-refractivity contribution in [2.24, 2.45) is 4.99 Å². The van der Waals surface area contributed by atoms with Crippen molar-refractivity contribution in [2.75, 3.05) is 20.3 Å². The maximum Gasteiger partial charge on any atom is 0.416 e. The lowest BCUT2D eigenvalue weighted by Gasteiger charge is -2.31. The Labute approximate surface area is 240 Å². The van der Waals surface area contributed by atoms with Gasteiger partial charge in [0.15, 0.2) is 0 Å². The zero-order chi connectivity index (χ0) is 29.0. The van der Waals surface area contributed by atoms with E-state index in [4.69, 9.17) is 37.7 Å². The van der Waals surface area contributed by atoms with E-state index < -0.39 is 29.9 Å². The number of amides is 2. The first kappa shape index (κ1) is 29.7. The van der Waals surface area contributed by atoms with Crippen LogP contribution in [0.4, 0.5) is 18.0 Å². The minimum absolute atomic E-state index is 0.0366. The second-order valence-electron chi connectivity index (χ2n) is 9.26. The van der Waals surface area contributed by atoms with Gasteiger partial charge in [-0.2, -0.15) is 13.2 Å². The van der Waals surface area contributed by atoms with E-state index in [0.29, 0.717) is 10.0 Å². The number of carbonyl (C=O) groups excluding carboxylic acids is 1. The van der Waals surface area contributed by atoms with Crippen molar-refractivity contribution in [3.8, 4) is 5.75 Å². The first-order chi connectivity index (χ1) is 19.0. The van der Waals surface area contributed by atoms with Gasteiger partial charge in [0.1, 0.15) is 17.6 Å². The first-order valence-corrected chi connectivity index (χ1v) is 13.3. The molecule has 3 aromatic rings. The molecule has 1 heterocycles. The summed E-state index contributed by atoms with van der Waals surface area (Å²) in [6.07, 6.45) is -4.58. The van der Waals surface area contributed by atoms with E-state index in [2.05, 4.69) is 5.32 Å². The fourth-order valence-corrected chi connectivity index (χ4v) is 4.85. The highest BCUT2D eigenvalue weighted by atomic mass is 35.5. The molecule has 0 fully saturated rings. The Morgan fingerprint density at radius 1 is 1.02 bits per heavy atom. The smallest absolute Gasteiger partial charge is 0.416 e. The largest absolute Gasteiger partial charge is 0.493 e. The first-order valence-electron chi connectivity index (χ1n) is 12.5. The molecule has 2 amide bonds. The molecule has 0 saturated carbocycles. The molecule has 0 aliphatic carbocycles. The molecule has 3 aromatic carbocycles. The number of urea groups is 1. The van der Waals surface area contributed by atoms with Crippen LogP contribution in [0.25, 0.3) is 0 Å². The molecule has 3 unspecified atom stereocenters. The quantitative estimate of drug-likeness (QED) is 0.291. The number of hydrogen-bond acceptors (Lipinski definition) is 4. The Hall–Kier alpha value is -3.27. The summed E-state index contributed by atoms with van der Waals surface area (Å²) < 4.78 is 51.6. The van der Waals surface area contributed by atoms with Gasteiger partial charge in [0.05, 0.1) is 36.4 Å². The Balaban J connectivity index is 1.92. The third-order valence-electron chi connectivity index (χ3n) is 6.34. The fourth-order valence-electron chi connectivity index (χ4n) is 4.60. The summed E-state index contributed by atoms with van der Waals surface area (Å²) in [6, 6.07) is 15.1. The Kier molecular flexibility index (Phi) is 9.28. The number of nitrogens with zero attached hydrogens (tertiary/aromatic N) is 2. The van der Waals surface area contributed by atoms with Gasteiger partial charge in [-0.05, 0) is 67.4 Å². The van der Waals surface area contributed by atoms with Crippen LogP contribution in [0.1, 0.15) is 48.2 Å². The van der Waals surface area contributed by atoms with Crippen molar-refractivity contribution in [3.63, 3.8) is 0 Å². The monoisotopic (exact) mass is 593 g/mol. The normalized spacial score (nSPS) is 17.9. The molecule has 3 atom stereocenters. The van der Waals surface area contributed by atoms with Crippen LogP contribution >= 0.6 is 23.2 Å². The van der Waals surface area contributed by atoms with Gasteiger partial charge in [0, 0.05) is 17.2 Å². The molecule has 1 aliphatic heterocycles. The summed E-state index contributed by atoms with van der Waals surface area (Å²) in [7, 11) is 1.52. The lowest BCUT2D eigenvalue weighted by molar-refractivity contribution is -0.137. The van der Waals surface area contributed by atoms with Gasteiger partial charge in [0.2, 0.25) is 0 Å². The van der Waals surface area contributed by atoms with E-state index >= 15 is 0 Å². The molecule has 4 rings (SSSR count). The Morgan fingerprint density at radius 2 is 1.62 bits per heavy atom. The van der Waals surface area contributed by atoms with Crippen LogP contribution < -0.4 is 10.1 Å². The van der Waals surface area contributed by atoms with E-state index in [1.165, 1.54) is 18.1 Å². The predicted octanol–water partition coefficient (Wildman–Crippen LogP) is 7.70. The topological polar surface area (TPSA) is 63.2 Å². The summed E-state index contributed by atoms with van der Waals surface area (Å²) in [4.78, 5) is 20.3. The number of nitrogens with one attached hydrogen (secondary N) is 1. The Bertz CT molecular complexity index is 1370. The minimum atomic E-state index is -4.58. The van der Waals surface area contributed by atoms with E-state index in [1.807, 2.05) is 12.1 Å². The van der Waals surface area contributed by atoms with Crippen LogP contribution in [-0.4, -0.2) is 43.1 Å². The number of carbonyl (C=O) groups is 1. The van der Waals surface area contributed by atoms with E-state index in [1.54, 1.807) is 50.2 Å². The van der Waals surface area contributed by atoms with Crippen molar-refractivity contribution in [1.82, 2.24) is 10.2 Å². The highest BCUT2D eigenvalue weighted by molar-refractivity contribution is 6.30. The van der Waals surface area contributed by atoms with Crippen LogP contribution in [0.15, 0.2) is 71.7 Å². The maximum atomic E-state index is 13.9. The molecular weight excluding hydrogens is 566 g/mol. The van der Waals surface area contributed by atoms with Crippen LogP contribution in [-0.2, 0) is 10.9 Å². The number of amidine groups is 1. The SMILES string of the molecule is CCOc1cc(C(F)(F)F)ccc1C1=NC(c2ccc(Cl)cc2)C(c2ccc(Cl)cc2)N1C(=O)NC(C)COC. The average Bonchev–Trinajstić information content (AvgIpc) is 3.30. The highest BCUT2D eigenvalue weighted by Crippen LogP contribution is 2.45. The summed E-state index contributed by atoms with van der Waals surface area (Å²) >= 11 is 12.3. The van der Waals surface area contributed by atoms with Crippen LogP contribution in [0.3, 0.4) is 0 Å². The molecule has 0 spiro atoms. The van der Waals surface area contributed by atoms with Crippen molar-refractivity contribution in [2.45, 2.75) is 38.1 Å². The standard InChI is InChI=1S/C29H28Cl2F3N3O3/c1-4-40-24-15-20(29(32,33)34)9-14-23(24)27-36-25(18-5-10-21(30)11-6-18)26(19-7-12-22(31)13-8-19)37(27)28(38)35-17(2)16-39-3/h5-15,17,25-26H,4,16H2,1-3H3,(H,35,38). The molecule has 0 saturated heterocycles. The fraction of sp³-hybridized carbons (Fsp3) is 0.310. The lowest BCUT2D eigenvalue weighted by Crippen LogP contribution is -2.48. The number of halogens is 5. The van der Waals surface area contributed by atoms with E-state index in [-0.39, 0.29) is 36.4 Å². The molecule has 6 nitrogen and oxygen atoms in total. The van der Waals surface area contributed by atoms with Gasteiger partial charge in [-0.15, -0.1) is 0 Å². The summed E-state index contributed by atoms with van der Waals surface area (Å²) in [6.45, 7) is 3.82. The number of methoxy groups -OCH3 is 1.